The quantitative estimate of drug-likeness (QED) is 0.0180. The first-order valence-corrected chi connectivity index (χ1v) is 25.1. The van der Waals surface area contributed by atoms with Crippen molar-refractivity contribution in [3.05, 3.63) is 175 Å². The normalized spacial score (nSPS) is 17.1. The number of anilines is 2. The van der Waals surface area contributed by atoms with E-state index in [9.17, 15) is 46.1 Å². The average molecular weight is 976 g/mol. The number of aromatic carboxylic acids is 1. The SMILES string of the molecule is O=C(CCCCCOP(=O)(O)c1ccc(C(=O)O)c(C2=c3cc4c5c(c3Oc3c2cc2c6c3Cc3ccccc3N6C(c3ccccc3)CC2)CCC[N+]=5CCC4)c1)Oc1c(F)c(F)c(F)c(F)c1F. The third-order valence-corrected chi connectivity index (χ3v) is 15.7. The number of halogens is 5. The number of para-hydroxylation sites is 1. The number of nitrogens with zero attached hydrogens (tertiary/aromatic N) is 2. The highest BCUT2D eigenvalue weighted by molar-refractivity contribution is 7.61. The lowest BCUT2D eigenvalue weighted by atomic mass is 9.79. The van der Waals surface area contributed by atoms with Gasteiger partial charge in [-0.25, -0.2) is 22.5 Å². The van der Waals surface area contributed by atoms with Crippen molar-refractivity contribution in [2.75, 3.05) is 24.6 Å². The Bertz CT molecular complexity index is 3370. The van der Waals surface area contributed by atoms with E-state index in [0.29, 0.717) is 29.1 Å². The standard InChI is InChI=1S/C54H44F5N2O8P/c55-44-45(56)47(58)53(48(59)46(44)57)68-42(62)17-5-2-8-24-67-70(65,66)33-19-20-34(54(63)64)36(28-33)43-37-26-31-14-9-22-60-23-10-15-35(49(31)60)51(37)69-52-38(43)27-32-18-21-41(29-11-3-1-4-12-29)61-40-16-7-6-13-30(40)25-39(52)50(32)61/h1,3-4,6-7,11-13,16,19-20,26-28,41H,2,5,8-10,14-15,17-18,21-25H2,(H-,63,64,65,66)/p+1. The number of carbonyl (C=O) groups excluding carboxylic acids is 1. The van der Waals surface area contributed by atoms with Crippen LogP contribution < -0.4 is 34.8 Å². The van der Waals surface area contributed by atoms with Gasteiger partial charge in [-0.15, -0.1) is 0 Å². The van der Waals surface area contributed by atoms with E-state index in [4.69, 9.17) is 9.26 Å². The smallest absolute Gasteiger partial charge is 0.358 e. The molecule has 0 fully saturated rings. The van der Waals surface area contributed by atoms with Crippen molar-refractivity contribution in [1.29, 1.82) is 0 Å². The summed E-state index contributed by atoms with van der Waals surface area (Å²) in [4.78, 5) is 39.6. The van der Waals surface area contributed by atoms with Crippen LogP contribution in [-0.2, 0) is 39.6 Å². The fraction of sp³-hybridized carbons (Fsp3) is 0.278. The number of hydrogen-bond acceptors (Lipinski definition) is 7. The molecule has 358 valence electrons. The van der Waals surface area contributed by atoms with Gasteiger partial charge >= 0.3 is 19.5 Å². The zero-order valence-electron chi connectivity index (χ0n) is 37.6. The second-order valence-corrected chi connectivity index (χ2v) is 20.2. The second-order valence-electron chi connectivity index (χ2n) is 18.4. The molecule has 5 aliphatic heterocycles. The first-order valence-electron chi connectivity index (χ1n) is 23.5. The maximum Gasteiger partial charge on any atom is 0.358 e. The van der Waals surface area contributed by atoms with Crippen LogP contribution in [0, 0.1) is 29.1 Å². The number of benzene rings is 6. The highest BCUT2D eigenvalue weighted by Gasteiger charge is 2.41. The minimum Gasteiger partial charge on any atom is -0.478 e. The van der Waals surface area contributed by atoms with Crippen molar-refractivity contribution in [3.63, 3.8) is 0 Å². The summed E-state index contributed by atoms with van der Waals surface area (Å²) in [5.74, 6) is -14.3. The van der Waals surface area contributed by atoms with Gasteiger partial charge < -0.3 is 28.9 Å². The molecule has 0 spiro atoms. The van der Waals surface area contributed by atoms with Crippen LogP contribution in [0.3, 0.4) is 0 Å². The van der Waals surface area contributed by atoms with E-state index in [1.54, 1.807) is 0 Å². The molecule has 11 rings (SSSR count). The minimum atomic E-state index is -4.65. The monoisotopic (exact) mass is 975 g/mol. The Kier molecular flexibility index (Phi) is 11.7. The molecule has 16 heteroatoms. The zero-order chi connectivity index (χ0) is 48.6. The van der Waals surface area contributed by atoms with E-state index in [-0.39, 0.29) is 48.3 Å². The summed E-state index contributed by atoms with van der Waals surface area (Å²) in [6.45, 7) is 1.56. The lowest BCUT2D eigenvalue weighted by Crippen LogP contribution is -2.45. The van der Waals surface area contributed by atoms with Crippen molar-refractivity contribution in [2.45, 2.75) is 76.7 Å². The Morgan fingerprint density at radius 3 is 2.26 bits per heavy atom. The molecule has 0 saturated heterocycles. The number of fused-ring (bicyclic) bond motifs is 6. The Labute approximate surface area is 398 Å². The molecule has 0 saturated carbocycles. The molecule has 0 amide bonds. The largest absolute Gasteiger partial charge is 0.478 e. The number of esters is 1. The van der Waals surface area contributed by atoms with Crippen LogP contribution in [0.4, 0.5) is 33.3 Å². The Balaban J connectivity index is 0.962. The second kappa shape index (κ2) is 17.9. The predicted molar refractivity (Wildman–Crippen MR) is 249 cm³/mol. The molecule has 10 nitrogen and oxygen atoms in total. The van der Waals surface area contributed by atoms with Crippen molar-refractivity contribution in [1.82, 2.24) is 4.58 Å². The van der Waals surface area contributed by atoms with E-state index in [1.165, 1.54) is 29.1 Å². The lowest BCUT2D eigenvalue weighted by Gasteiger charge is -2.45. The summed E-state index contributed by atoms with van der Waals surface area (Å²) in [5.41, 5.74) is 10.2. The molecule has 0 aliphatic carbocycles. The van der Waals surface area contributed by atoms with E-state index in [1.807, 2.05) is 12.1 Å². The zero-order valence-corrected chi connectivity index (χ0v) is 38.5. The van der Waals surface area contributed by atoms with E-state index in [0.717, 1.165) is 96.0 Å². The number of rotatable bonds is 12. The van der Waals surface area contributed by atoms with Gasteiger partial charge in [-0.3, -0.25) is 9.36 Å². The number of aryl methyl sites for hydroxylation is 2. The Morgan fingerprint density at radius 1 is 0.757 bits per heavy atom. The summed E-state index contributed by atoms with van der Waals surface area (Å²) in [5, 5.41) is 12.6. The van der Waals surface area contributed by atoms with Crippen LogP contribution in [-0.4, -0.2) is 41.6 Å². The van der Waals surface area contributed by atoms with Gasteiger partial charge in [0, 0.05) is 58.9 Å². The van der Waals surface area contributed by atoms with Gasteiger partial charge in [0.05, 0.1) is 34.8 Å². The molecule has 0 bridgehead atoms. The third kappa shape index (κ3) is 7.69. The van der Waals surface area contributed by atoms with Crippen LogP contribution in [0.25, 0.3) is 5.57 Å². The molecule has 6 aromatic carbocycles. The van der Waals surface area contributed by atoms with Gasteiger partial charge in [-0.1, -0.05) is 55.0 Å². The van der Waals surface area contributed by atoms with Gasteiger partial charge in [-0.05, 0) is 97.2 Å². The van der Waals surface area contributed by atoms with Crippen molar-refractivity contribution < 1.29 is 60.1 Å². The summed E-state index contributed by atoms with van der Waals surface area (Å²) >= 11 is 0. The van der Waals surface area contributed by atoms with Crippen LogP contribution in [0.1, 0.15) is 106 Å². The van der Waals surface area contributed by atoms with Crippen molar-refractivity contribution >= 4 is 41.8 Å². The first kappa shape index (κ1) is 45.8. The molecule has 5 heterocycles. The molecule has 0 radical (unpaired) electrons. The Morgan fingerprint density at radius 2 is 1.49 bits per heavy atom. The van der Waals surface area contributed by atoms with Gasteiger partial charge in [0.15, 0.2) is 0 Å². The highest BCUT2D eigenvalue weighted by atomic mass is 31.2. The Hall–Kier alpha value is -6.67. The summed E-state index contributed by atoms with van der Waals surface area (Å²) < 4.78 is 103. The van der Waals surface area contributed by atoms with Gasteiger partial charge in [0.25, 0.3) is 0 Å². The fourth-order valence-corrected chi connectivity index (χ4v) is 12.2. The number of carbonyl (C=O) groups is 2. The van der Waals surface area contributed by atoms with Crippen LogP contribution >= 0.6 is 7.60 Å². The van der Waals surface area contributed by atoms with Gasteiger partial charge in [-0.2, -0.15) is 8.78 Å². The van der Waals surface area contributed by atoms with Gasteiger partial charge in [0.2, 0.25) is 40.2 Å². The first-order chi connectivity index (χ1) is 33.8. The van der Waals surface area contributed by atoms with E-state index in [2.05, 4.69) is 68.8 Å². The molecule has 5 aliphatic rings. The average Bonchev–Trinajstić information content (AvgIpc) is 3.37. The lowest BCUT2D eigenvalue weighted by molar-refractivity contribution is -0.135. The van der Waals surface area contributed by atoms with Gasteiger partial charge in [0.1, 0.15) is 24.6 Å². The van der Waals surface area contributed by atoms with Crippen molar-refractivity contribution in [2.24, 2.45) is 0 Å². The molecular weight excluding hydrogens is 931 g/mol. The fourth-order valence-electron chi connectivity index (χ4n) is 11.1. The van der Waals surface area contributed by atoms with Crippen molar-refractivity contribution in [3.8, 4) is 17.2 Å². The molecule has 2 atom stereocenters. The summed E-state index contributed by atoms with van der Waals surface area (Å²) in [7, 11) is -4.65. The number of hydrogen-bond donors (Lipinski definition) is 2. The molecule has 70 heavy (non-hydrogen) atoms. The molecular formula is C54H45F5N2O8P+. The molecule has 6 aromatic rings. The molecule has 2 unspecified atom stereocenters. The maximum atomic E-state index is 14.2. The van der Waals surface area contributed by atoms with E-state index < -0.39 is 60.8 Å². The maximum absolute atomic E-state index is 14.2. The van der Waals surface area contributed by atoms with Crippen LogP contribution in [0.5, 0.6) is 17.2 Å². The van der Waals surface area contributed by atoms with E-state index >= 15 is 0 Å². The number of unbranched alkanes of at least 4 members (excludes halogenated alkanes) is 2. The minimum absolute atomic E-state index is 0.0232. The molecule has 2 N–H and O–H groups in total. The predicted octanol–water partition coefficient (Wildman–Crippen LogP) is 9.54. The number of carboxylic acids is 1. The molecule has 0 aromatic heterocycles. The number of carboxylic acid groups (broad SMARTS) is 1. The summed E-state index contributed by atoms with van der Waals surface area (Å²) in [6, 6.07) is 27.2. The van der Waals surface area contributed by atoms with Crippen LogP contribution in [0.15, 0.2) is 84.9 Å². The summed E-state index contributed by atoms with van der Waals surface area (Å²) in [6.07, 6.45) is 5.43. The third-order valence-electron chi connectivity index (χ3n) is 14.2. The topological polar surface area (TPSA) is 126 Å². The highest BCUT2D eigenvalue weighted by Crippen LogP contribution is 2.56. The number of ether oxygens (including phenoxy) is 2. The van der Waals surface area contributed by atoms with Crippen LogP contribution in [0.2, 0.25) is 0 Å².